The highest BCUT2D eigenvalue weighted by atomic mass is 32.2. The Labute approximate surface area is 265 Å². The summed E-state index contributed by atoms with van der Waals surface area (Å²) in [6.07, 6.45) is -0.387. The average molecular weight is 691 g/mol. The van der Waals surface area contributed by atoms with Crippen LogP contribution in [0.2, 0.25) is 0 Å². The van der Waals surface area contributed by atoms with Crippen LogP contribution < -0.4 is 4.90 Å². The standard InChI is InChI=1S/C31H29F7N2O6S/c1-3-21(39(2)47(45,46)28-26(35)24(33)23(32)25(34)27(28)36)29(42)40(19-8-9-20(30(43)44)22(41)14-19)15-16-4-6-17(7-5-16)18-10-12-31(37,38)13-11-18/h4-9,14,18,21,41H,3,10-13,15H2,1-2H3,(H,43,44)/t21-/m1/s1. The molecule has 0 aliphatic heterocycles. The van der Waals surface area contributed by atoms with Gasteiger partial charge in [-0.15, -0.1) is 0 Å². The lowest BCUT2D eigenvalue weighted by atomic mass is 9.82. The van der Waals surface area contributed by atoms with Crippen LogP contribution in [0.1, 0.15) is 66.4 Å². The fourth-order valence-electron chi connectivity index (χ4n) is 5.51. The number of nitrogens with zero attached hydrogens (tertiary/aromatic N) is 2. The molecule has 3 aromatic carbocycles. The molecule has 1 aliphatic rings. The molecular formula is C31H29F7N2O6S. The third-order valence-electron chi connectivity index (χ3n) is 8.22. The summed E-state index contributed by atoms with van der Waals surface area (Å²) in [5.74, 6) is -19.0. The van der Waals surface area contributed by atoms with Crippen molar-refractivity contribution >= 4 is 27.6 Å². The van der Waals surface area contributed by atoms with Gasteiger partial charge in [0.1, 0.15) is 17.4 Å². The van der Waals surface area contributed by atoms with Crippen LogP contribution in [0.4, 0.5) is 36.4 Å². The van der Waals surface area contributed by atoms with Crippen LogP contribution in [0.15, 0.2) is 47.4 Å². The molecule has 3 aromatic rings. The van der Waals surface area contributed by atoms with Crippen molar-refractivity contribution in [3.63, 3.8) is 0 Å². The van der Waals surface area contributed by atoms with Crippen LogP contribution in [0.5, 0.6) is 5.75 Å². The number of sulfonamides is 1. The van der Waals surface area contributed by atoms with Crippen molar-refractivity contribution in [1.29, 1.82) is 0 Å². The number of aromatic hydroxyl groups is 1. The lowest BCUT2D eigenvalue weighted by Crippen LogP contribution is -2.49. The molecule has 1 saturated carbocycles. The molecule has 0 spiro atoms. The lowest BCUT2D eigenvalue weighted by Gasteiger charge is -2.32. The molecule has 0 heterocycles. The molecule has 2 N–H and O–H groups in total. The Balaban J connectivity index is 1.72. The summed E-state index contributed by atoms with van der Waals surface area (Å²) in [4.78, 5) is 24.2. The van der Waals surface area contributed by atoms with Gasteiger partial charge in [-0.05, 0) is 48.4 Å². The smallest absolute Gasteiger partial charge is 0.339 e. The summed E-state index contributed by atoms with van der Waals surface area (Å²) in [6.45, 7) is 0.986. The van der Waals surface area contributed by atoms with E-state index in [-0.39, 0.29) is 54.6 Å². The molecule has 1 atom stereocenters. The number of hydrogen-bond acceptors (Lipinski definition) is 5. The van der Waals surface area contributed by atoms with Gasteiger partial charge in [0.15, 0.2) is 28.2 Å². The van der Waals surface area contributed by atoms with Gasteiger partial charge >= 0.3 is 5.97 Å². The van der Waals surface area contributed by atoms with Gasteiger partial charge in [-0.3, -0.25) is 4.79 Å². The zero-order valence-electron chi connectivity index (χ0n) is 24.9. The SMILES string of the molecule is CC[C@H](C(=O)N(Cc1ccc(C2CCC(F)(F)CC2)cc1)c1ccc(C(=O)O)c(O)c1)N(C)S(=O)(=O)c1c(F)c(F)c(F)c(F)c1F. The fourth-order valence-corrected chi connectivity index (χ4v) is 7.00. The molecule has 1 amide bonds. The second-order valence-corrected chi connectivity index (χ2v) is 13.1. The zero-order valence-corrected chi connectivity index (χ0v) is 25.7. The largest absolute Gasteiger partial charge is 0.507 e. The number of carboxylic acids is 1. The second kappa shape index (κ2) is 13.5. The minimum absolute atomic E-state index is 0.128. The molecule has 0 radical (unpaired) electrons. The number of hydrogen-bond donors (Lipinski definition) is 2. The summed E-state index contributed by atoms with van der Waals surface area (Å²) in [6, 6.07) is 7.76. The molecule has 0 aromatic heterocycles. The highest BCUT2D eigenvalue weighted by Crippen LogP contribution is 2.41. The van der Waals surface area contributed by atoms with Crippen LogP contribution in [0.25, 0.3) is 0 Å². The van der Waals surface area contributed by atoms with Crippen LogP contribution in [-0.2, 0) is 21.4 Å². The number of carbonyl (C=O) groups is 2. The van der Waals surface area contributed by atoms with E-state index in [0.29, 0.717) is 12.6 Å². The molecule has 4 rings (SSSR count). The molecule has 16 heteroatoms. The number of rotatable bonds is 10. The maximum absolute atomic E-state index is 14.6. The number of anilines is 1. The van der Waals surface area contributed by atoms with Crippen molar-refractivity contribution in [1.82, 2.24) is 4.31 Å². The lowest BCUT2D eigenvalue weighted by molar-refractivity contribution is -0.122. The highest BCUT2D eigenvalue weighted by molar-refractivity contribution is 7.89. The van der Waals surface area contributed by atoms with Gasteiger partial charge in [-0.2, -0.15) is 4.31 Å². The fraction of sp³-hybridized carbons (Fsp3) is 0.355. The second-order valence-electron chi connectivity index (χ2n) is 11.1. The summed E-state index contributed by atoms with van der Waals surface area (Å²) in [7, 11) is -4.84. The Morgan fingerprint density at radius 2 is 1.45 bits per heavy atom. The first-order chi connectivity index (χ1) is 21.9. The van der Waals surface area contributed by atoms with Crippen molar-refractivity contribution in [2.75, 3.05) is 11.9 Å². The van der Waals surface area contributed by atoms with Crippen molar-refractivity contribution < 1.29 is 59.0 Å². The third-order valence-corrected chi connectivity index (χ3v) is 10.1. The van der Waals surface area contributed by atoms with E-state index < -0.39 is 79.2 Å². The van der Waals surface area contributed by atoms with Crippen LogP contribution in [0, 0.1) is 29.1 Å². The van der Waals surface area contributed by atoms with E-state index in [1.165, 1.54) is 6.92 Å². The Morgan fingerprint density at radius 1 is 0.915 bits per heavy atom. The number of likely N-dealkylation sites (N-methyl/N-ethyl adjacent to an activating group) is 1. The molecule has 0 bridgehead atoms. The quantitative estimate of drug-likeness (QED) is 0.139. The van der Waals surface area contributed by atoms with Crippen molar-refractivity contribution in [3.05, 3.63) is 88.2 Å². The predicted octanol–water partition coefficient (Wildman–Crippen LogP) is 6.71. The van der Waals surface area contributed by atoms with Crippen LogP contribution in [-0.4, -0.2) is 53.8 Å². The minimum Gasteiger partial charge on any atom is -0.507 e. The van der Waals surface area contributed by atoms with E-state index in [4.69, 9.17) is 0 Å². The first-order valence-corrected chi connectivity index (χ1v) is 15.7. The third kappa shape index (κ3) is 7.07. The number of amides is 1. The molecule has 1 fully saturated rings. The number of carbonyl (C=O) groups excluding carboxylic acids is 1. The Morgan fingerprint density at radius 3 is 1.94 bits per heavy atom. The van der Waals surface area contributed by atoms with Crippen molar-refractivity contribution in [2.45, 2.75) is 68.4 Å². The van der Waals surface area contributed by atoms with Gasteiger partial charge in [0.25, 0.3) is 0 Å². The van der Waals surface area contributed by atoms with E-state index in [1.54, 1.807) is 24.3 Å². The van der Waals surface area contributed by atoms with Gasteiger partial charge in [-0.1, -0.05) is 31.2 Å². The summed E-state index contributed by atoms with van der Waals surface area (Å²) in [5.41, 5.74) is 0.536. The van der Waals surface area contributed by atoms with Crippen LogP contribution in [0.3, 0.4) is 0 Å². The van der Waals surface area contributed by atoms with E-state index in [2.05, 4.69) is 0 Å². The molecule has 0 saturated heterocycles. The number of benzene rings is 3. The molecule has 1 aliphatic carbocycles. The first-order valence-electron chi connectivity index (χ1n) is 14.2. The van der Waals surface area contributed by atoms with E-state index in [0.717, 1.165) is 28.7 Å². The molecule has 8 nitrogen and oxygen atoms in total. The number of aromatic carboxylic acids is 1. The van der Waals surface area contributed by atoms with Crippen molar-refractivity contribution in [2.24, 2.45) is 0 Å². The minimum atomic E-state index is -5.55. The Hall–Kier alpha value is -4.18. The number of alkyl halides is 2. The van der Waals surface area contributed by atoms with Crippen LogP contribution >= 0.6 is 0 Å². The topological polar surface area (TPSA) is 115 Å². The normalized spacial score (nSPS) is 15.9. The maximum Gasteiger partial charge on any atom is 0.339 e. The number of phenols is 1. The van der Waals surface area contributed by atoms with Gasteiger partial charge < -0.3 is 15.1 Å². The Bertz CT molecular complexity index is 1770. The summed E-state index contributed by atoms with van der Waals surface area (Å²) >= 11 is 0. The van der Waals surface area contributed by atoms with E-state index in [9.17, 15) is 59.0 Å². The van der Waals surface area contributed by atoms with Gasteiger partial charge in [0.05, 0.1) is 6.54 Å². The van der Waals surface area contributed by atoms with Gasteiger partial charge in [0.2, 0.25) is 27.7 Å². The molecule has 254 valence electrons. The van der Waals surface area contributed by atoms with Crippen molar-refractivity contribution in [3.8, 4) is 5.75 Å². The van der Waals surface area contributed by atoms with E-state index >= 15 is 0 Å². The van der Waals surface area contributed by atoms with Gasteiger partial charge in [-0.25, -0.2) is 43.9 Å². The summed E-state index contributed by atoms with van der Waals surface area (Å²) in [5, 5.41) is 19.6. The zero-order chi connectivity index (χ0) is 35.0. The van der Waals surface area contributed by atoms with E-state index in [1.807, 2.05) is 0 Å². The molecular weight excluding hydrogens is 661 g/mol. The summed E-state index contributed by atoms with van der Waals surface area (Å²) < 4.78 is 125. The monoisotopic (exact) mass is 690 g/mol. The number of carboxylic acid groups (broad SMARTS) is 1. The number of halogens is 7. The Kier molecular flexibility index (Phi) is 10.3. The highest BCUT2D eigenvalue weighted by Gasteiger charge is 2.41. The average Bonchev–Trinajstić information content (AvgIpc) is 3.02. The van der Waals surface area contributed by atoms with Gasteiger partial charge in [0, 0.05) is 31.6 Å². The maximum atomic E-state index is 14.6. The first kappa shape index (κ1) is 35.7. The predicted molar refractivity (Wildman–Crippen MR) is 154 cm³/mol. The molecule has 0 unspecified atom stereocenters. The molecule has 47 heavy (non-hydrogen) atoms.